The molecule has 1 atom stereocenters. The molecule has 3 aromatic rings. The van der Waals surface area contributed by atoms with E-state index in [9.17, 15) is 5.26 Å². The van der Waals surface area contributed by atoms with Gasteiger partial charge in [0.2, 0.25) is 0 Å². The van der Waals surface area contributed by atoms with Gasteiger partial charge in [-0.05, 0) is 42.2 Å². The summed E-state index contributed by atoms with van der Waals surface area (Å²) >= 11 is 0. The number of fused-ring (bicyclic) bond motifs is 1. The number of nitriles is 1. The van der Waals surface area contributed by atoms with Crippen molar-refractivity contribution in [3.05, 3.63) is 48.3 Å². The van der Waals surface area contributed by atoms with Gasteiger partial charge in [0.05, 0.1) is 17.7 Å². The van der Waals surface area contributed by atoms with Crippen molar-refractivity contribution in [2.75, 3.05) is 13.7 Å². The van der Waals surface area contributed by atoms with Crippen LogP contribution in [-0.2, 0) is 10.2 Å². The zero-order chi connectivity index (χ0) is 16.3. The molecule has 0 aliphatic rings. The highest BCUT2D eigenvalue weighted by Crippen LogP contribution is 2.32. The summed E-state index contributed by atoms with van der Waals surface area (Å²) < 4.78 is 5.15. The number of nitrogens with zero attached hydrogens (tertiary/aromatic N) is 3. The number of ether oxygens (including phenoxy) is 1. The summed E-state index contributed by atoms with van der Waals surface area (Å²) in [5, 5.41) is 17.5. The zero-order valence-electron chi connectivity index (χ0n) is 13.2. The van der Waals surface area contributed by atoms with Crippen LogP contribution in [0.5, 0.6) is 0 Å². The van der Waals surface area contributed by atoms with Crippen molar-refractivity contribution in [3.63, 3.8) is 0 Å². The third-order valence-corrected chi connectivity index (χ3v) is 4.22. The molecule has 0 fully saturated rings. The third-order valence-electron chi connectivity index (χ3n) is 4.22. The fourth-order valence-electron chi connectivity index (χ4n) is 2.70. The highest BCUT2D eigenvalue weighted by Gasteiger charge is 2.26. The molecule has 116 valence electrons. The van der Waals surface area contributed by atoms with Crippen LogP contribution in [0.2, 0.25) is 0 Å². The molecule has 0 aliphatic heterocycles. The molecule has 23 heavy (non-hydrogen) atoms. The largest absolute Gasteiger partial charge is 0.385 e. The van der Waals surface area contributed by atoms with Crippen LogP contribution in [0.15, 0.2) is 42.7 Å². The van der Waals surface area contributed by atoms with Crippen LogP contribution in [0.1, 0.15) is 18.9 Å². The molecule has 0 aliphatic carbocycles. The first-order chi connectivity index (χ1) is 11.2. The van der Waals surface area contributed by atoms with Crippen LogP contribution in [0, 0.1) is 11.3 Å². The van der Waals surface area contributed by atoms with Crippen molar-refractivity contribution in [3.8, 4) is 17.2 Å². The minimum Gasteiger partial charge on any atom is -0.385 e. The fraction of sp³-hybridized carbons (Fsp3) is 0.278. The van der Waals surface area contributed by atoms with E-state index in [-0.39, 0.29) is 0 Å². The molecule has 1 N–H and O–H groups in total. The molecule has 0 saturated carbocycles. The molecule has 0 saturated heterocycles. The van der Waals surface area contributed by atoms with Crippen LogP contribution in [-0.4, -0.2) is 28.9 Å². The molecule has 2 heterocycles. The van der Waals surface area contributed by atoms with Gasteiger partial charge in [-0.3, -0.25) is 5.10 Å². The maximum Gasteiger partial charge on any atom is 0.155 e. The SMILES string of the molecule is COCCC(C)(C#N)c1cccc(-c2ccnc3[nH]ncc23)c1. The van der Waals surface area contributed by atoms with Gasteiger partial charge >= 0.3 is 0 Å². The van der Waals surface area contributed by atoms with Gasteiger partial charge in [-0.1, -0.05) is 18.2 Å². The maximum atomic E-state index is 9.63. The van der Waals surface area contributed by atoms with Crippen molar-refractivity contribution in [2.45, 2.75) is 18.8 Å². The van der Waals surface area contributed by atoms with E-state index < -0.39 is 5.41 Å². The Bertz CT molecular complexity index is 865. The van der Waals surface area contributed by atoms with Crippen LogP contribution in [0.25, 0.3) is 22.2 Å². The average molecular weight is 306 g/mol. The van der Waals surface area contributed by atoms with Crippen LogP contribution < -0.4 is 0 Å². The average Bonchev–Trinajstić information content (AvgIpc) is 3.08. The molecule has 0 bridgehead atoms. The minimum atomic E-state index is -0.575. The predicted octanol–water partition coefficient (Wildman–Crippen LogP) is 3.44. The van der Waals surface area contributed by atoms with E-state index >= 15 is 0 Å². The molecule has 5 nitrogen and oxygen atoms in total. The quantitative estimate of drug-likeness (QED) is 0.783. The van der Waals surface area contributed by atoms with Gasteiger partial charge in [0.1, 0.15) is 0 Å². The van der Waals surface area contributed by atoms with Crippen LogP contribution in [0.3, 0.4) is 0 Å². The van der Waals surface area contributed by atoms with E-state index in [0.717, 1.165) is 27.7 Å². The van der Waals surface area contributed by atoms with E-state index in [1.54, 1.807) is 19.5 Å². The lowest BCUT2D eigenvalue weighted by molar-refractivity contribution is 0.181. The lowest BCUT2D eigenvalue weighted by Crippen LogP contribution is -2.21. The molecule has 5 heteroatoms. The number of aromatic amines is 1. The van der Waals surface area contributed by atoms with Gasteiger partial charge in [-0.15, -0.1) is 0 Å². The Morgan fingerprint density at radius 1 is 1.35 bits per heavy atom. The fourth-order valence-corrected chi connectivity index (χ4v) is 2.70. The van der Waals surface area contributed by atoms with Crippen LogP contribution in [0.4, 0.5) is 0 Å². The van der Waals surface area contributed by atoms with Crippen molar-refractivity contribution in [2.24, 2.45) is 0 Å². The smallest absolute Gasteiger partial charge is 0.155 e. The lowest BCUT2D eigenvalue weighted by atomic mass is 9.80. The Labute approximate surface area is 134 Å². The first-order valence-corrected chi connectivity index (χ1v) is 7.47. The van der Waals surface area contributed by atoms with Gasteiger partial charge < -0.3 is 4.74 Å². The summed E-state index contributed by atoms with van der Waals surface area (Å²) in [5.41, 5.74) is 3.28. The highest BCUT2D eigenvalue weighted by molar-refractivity contribution is 5.92. The second-order valence-electron chi connectivity index (χ2n) is 5.76. The molecule has 2 aromatic heterocycles. The number of benzene rings is 1. The summed E-state index contributed by atoms with van der Waals surface area (Å²) in [7, 11) is 1.65. The number of hydrogen-bond donors (Lipinski definition) is 1. The van der Waals surface area contributed by atoms with E-state index in [2.05, 4.69) is 27.3 Å². The Kier molecular flexibility index (Phi) is 4.09. The summed E-state index contributed by atoms with van der Waals surface area (Å²) in [6.45, 7) is 2.50. The van der Waals surface area contributed by atoms with Crippen LogP contribution >= 0.6 is 0 Å². The molecule has 0 amide bonds. The van der Waals surface area contributed by atoms with E-state index in [1.165, 1.54) is 0 Å². The van der Waals surface area contributed by atoms with E-state index in [0.29, 0.717) is 13.0 Å². The standard InChI is InChI=1S/C18H18N4O/c1-18(12-19,7-9-23-2)14-5-3-4-13(10-14)15-6-8-20-17-16(15)11-21-22-17/h3-6,8,10-11H,7,9H2,1-2H3,(H,20,21,22). The number of methoxy groups -OCH3 is 1. The third kappa shape index (κ3) is 2.81. The van der Waals surface area contributed by atoms with Crippen molar-refractivity contribution < 1.29 is 4.74 Å². The number of H-pyrrole nitrogens is 1. The molecular formula is C18H18N4O. The molecule has 1 aromatic carbocycles. The second kappa shape index (κ2) is 6.19. The Hall–Kier alpha value is -2.71. The summed E-state index contributed by atoms with van der Waals surface area (Å²) in [6, 6.07) is 12.5. The Morgan fingerprint density at radius 2 is 2.22 bits per heavy atom. The maximum absolute atomic E-state index is 9.63. The number of rotatable bonds is 5. The van der Waals surface area contributed by atoms with Gasteiger partial charge in [-0.25, -0.2) is 4.98 Å². The van der Waals surface area contributed by atoms with Gasteiger partial charge in [0.25, 0.3) is 0 Å². The first-order valence-electron chi connectivity index (χ1n) is 7.47. The summed E-state index contributed by atoms with van der Waals surface area (Å²) in [5.74, 6) is 0. The van der Waals surface area contributed by atoms with Gasteiger partial charge in [0.15, 0.2) is 5.65 Å². The predicted molar refractivity (Wildman–Crippen MR) is 88.8 cm³/mol. The number of aromatic nitrogens is 3. The topological polar surface area (TPSA) is 74.6 Å². The molecule has 1 unspecified atom stereocenters. The van der Waals surface area contributed by atoms with Crippen molar-refractivity contribution in [1.82, 2.24) is 15.2 Å². The van der Waals surface area contributed by atoms with E-state index in [1.807, 2.05) is 31.2 Å². The molecule has 0 radical (unpaired) electrons. The molecule has 3 rings (SSSR count). The van der Waals surface area contributed by atoms with Crippen molar-refractivity contribution >= 4 is 11.0 Å². The number of nitrogens with one attached hydrogen (secondary N) is 1. The molecule has 0 spiro atoms. The highest BCUT2D eigenvalue weighted by atomic mass is 16.5. The molecular weight excluding hydrogens is 288 g/mol. The lowest BCUT2D eigenvalue weighted by Gasteiger charge is -2.22. The number of hydrogen-bond acceptors (Lipinski definition) is 4. The van der Waals surface area contributed by atoms with E-state index in [4.69, 9.17) is 4.74 Å². The number of pyridine rings is 1. The monoisotopic (exact) mass is 306 g/mol. The minimum absolute atomic E-state index is 0.551. The summed E-state index contributed by atoms with van der Waals surface area (Å²) in [4.78, 5) is 4.27. The Morgan fingerprint density at radius 3 is 3.00 bits per heavy atom. The second-order valence-corrected chi connectivity index (χ2v) is 5.76. The van der Waals surface area contributed by atoms with Gasteiger partial charge in [-0.2, -0.15) is 10.4 Å². The summed E-state index contributed by atoms with van der Waals surface area (Å²) in [6.07, 6.45) is 4.19. The van der Waals surface area contributed by atoms with Gasteiger partial charge in [0, 0.05) is 25.3 Å². The van der Waals surface area contributed by atoms with Crippen molar-refractivity contribution in [1.29, 1.82) is 5.26 Å². The zero-order valence-corrected chi connectivity index (χ0v) is 13.2. The normalized spacial score (nSPS) is 13.6. The first kappa shape index (κ1) is 15.2. The Balaban J connectivity index is 2.07.